The Bertz CT molecular complexity index is 418. The lowest BCUT2D eigenvalue weighted by atomic mass is 10.1. The first kappa shape index (κ1) is 17.0. The quantitative estimate of drug-likeness (QED) is 0.529. The molecule has 1 rings (SSSR count). The molecule has 20 heavy (non-hydrogen) atoms. The molecule has 0 heterocycles. The van der Waals surface area contributed by atoms with E-state index in [1.54, 1.807) is 24.3 Å². The molecule has 1 atom stereocenters. The van der Waals surface area contributed by atoms with Crippen molar-refractivity contribution in [2.24, 2.45) is 5.92 Å². The van der Waals surface area contributed by atoms with Crippen LogP contribution in [0.25, 0.3) is 0 Å². The van der Waals surface area contributed by atoms with Crippen LogP contribution in [0.2, 0.25) is 5.02 Å². The van der Waals surface area contributed by atoms with Gasteiger partial charge in [-0.25, -0.2) is 4.79 Å². The molecular weight excluding hydrogens is 276 g/mol. The number of benzene rings is 1. The summed E-state index contributed by atoms with van der Waals surface area (Å²) in [5, 5.41) is 0.528. The summed E-state index contributed by atoms with van der Waals surface area (Å²) in [6.45, 7) is 7.42. The van der Waals surface area contributed by atoms with E-state index in [0.717, 1.165) is 12.8 Å². The van der Waals surface area contributed by atoms with Gasteiger partial charge in [0.1, 0.15) is 6.10 Å². The number of halogens is 1. The Kier molecular flexibility index (Phi) is 7.63. The van der Waals surface area contributed by atoms with E-state index in [0.29, 0.717) is 29.7 Å². The average Bonchev–Trinajstić information content (AvgIpc) is 2.41. The number of hydrogen-bond donors (Lipinski definition) is 0. The fraction of sp³-hybridized carbons (Fsp3) is 0.562. The van der Waals surface area contributed by atoms with Crippen LogP contribution in [0.1, 0.15) is 44.0 Å². The fourth-order valence-electron chi connectivity index (χ4n) is 1.60. The number of carbonyl (C=O) groups is 1. The van der Waals surface area contributed by atoms with Gasteiger partial charge in [-0.15, -0.1) is 0 Å². The molecule has 0 saturated heterocycles. The highest BCUT2D eigenvalue weighted by Crippen LogP contribution is 2.13. The second-order valence-corrected chi connectivity index (χ2v) is 5.64. The maximum Gasteiger partial charge on any atom is 0.338 e. The molecule has 0 fully saturated rings. The topological polar surface area (TPSA) is 35.5 Å². The number of esters is 1. The van der Waals surface area contributed by atoms with Crippen molar-refractivity contribution in [3.63, 3.8) is 0 Å². The van der Waals surface area contributed by atoms with Gasteiger partial charge in [-0.1, -0.05) is 38.4 Å². The Hall–Kier alpha value is -1.06. The van der Waals surface area contributed by atoms with Gasteiger partial charge in [0.15, 0.2) is 0 Å². The lowest BCUT2D eigenvalue weighted by Gasteiger charge is -2.17. The number of hydrogen-bond acceptors (Lipinski definition) is 3. The summed E-state index contributed by atoms with van der Waals surface area (Å²) in [6.07, 6.45) is 1.53. The Morgan fingerprint density at radius 1 is 1.35 bits per heavy atom. The Balaban J connectivity index is 2.41. The highest BCUT2D eigenvalue weighted by Gasteiger charge is 2.15. The van der Waals surface area contributed by atoms with Crippen LogP contribution >= 0.6 is 11.6 Å². The maximum atomic E-state index is 12.0. The molecule has 1 aromatic rings. The summed E-state index contributed by atoms with van der Waals surface area (Å²) in [6, 6.07) is 6.76. The van der Waals surface area contributed by atoms with E-state index < -0.39 is 0 Å². The summed E-state index contributed by atoms with van der Waals surface area (Å²) in [5.41, 5.74) is 0.470. The second-order valence-electron chi connectivity index (χ2n) is 5.20. The highest BCUT2D eigenvalue weighted by molar-refractivity contribution is 6.30. The van der Waals surface area contributed by atoms with Crippen LogP contribution in [0.3, 0.4) is 0 Å². The van der Waals surface area contributed by atoms with E-state index in [9.17, 15) is 4.79 Å². The van der Waals surface area contributed by atoms with Gasteiger partial charge in [-0.05, 0) is 37.0 Å². The third kappa shape index (κ3) is 6.40. The van der Waals surface area contributed by atoms with E-state index in [2.05, 4.69) is 13.8 Å². The van der Waals surface area contributed by atoms with Gasteiger partial charge in [0, 0.05) is 11.6 Å². The minimum atomic E-state index is -0.355. The van der Waals surface area contributed by atoms with Gasteiger partial charge in [-0.3, -0.25) is 0 Å². The van der Waals surface area contributed by atoms with E-state index in [1.165, 1.54) is 0 Å². The van der Waals surface area contributed by atoms with E-state index in [1.807, 2.05) is 6.92 Å². The van der Waals surface area contributed by atoms with Crippen LogP contribution in [-0.4, -0.2) is 25.3 Å². The van der Waals surface area contributed by atoms with E-state index in [-0.39, 0.29) is 12.1 Å². The van der Waals surface area contributed by atoms with Gasteiger partial charge in [0.05, 0.1) is 12.2 Å². The zero-order valence-corrected chi connectivity index (χ0v) is 13.2. The van der Waals surface area contributed by atoms with Crippen LogP contribution in [0.5, 0.6) is 0 Å². The number of carbonyl (C=O) groups excluding carboxylic acids is 1. The molecule has 0 spiro atoms. The molecule has 0 aliphatic heterocycles. The molecule has 4 heteroatoms. The van der Waals surface area contributed by atoms with Crippen molar-refractivity contribution < 1.29 is 14.3 Å². The van der Waals surface area contributed by atoms with Crippen molar-refractivity contribution in [2.75, 3.05) is 13.2 Å². The van der Waals surface area contributed by atoms with E-state index >= 15 is 0 Å². The lowest BCUT2D eigenvalue weighted by Crippen LogP contribution is -2.23. The molecule has 0 aliphatic rings. The van der Waals surface area contributed by atoms with Crippen molar-refractivity contribution in [3.8, 4) is 0 Å². The average molecular weight is 299 g/mol. The third-order valence-electron chi connectivity index (χ3n) is 2.93. The largest absolute Gasteiger partial charge is 0.456 e. The van der Waals surface area contributed by atoms with Crippen molar-refractivity contribution in [1.29, 1.82) is 0 Å². The molecule has 3 nitrogen and oxygen atoms in total. The molecule has 0 aromatic heterocycles. The summed E-state index contributed by atoms with van der Waals surface area (Å²) in [4.78, 5) is 12.0. The van der Waals surface area contributed by atoms with Crippen molar-refractivity contribution in [2.45, 2.75) is 39.7 Å². The molecular formula is C16H23ClO3. The summed E-state index contributed by atoms with van der Waals surface area (Å²) < 4.78 is 11.0. The van der Waals surface area contributed by atoms with Crippen LogP contribution in [-0.2, 0) is 9.47 Å². The highest BCUT2D eigenvalue weighted by atomic mass is 35.5. The van der Waals surface area contributed by atoms with Gasteiger partial charge in [0.25, 0.3) is 0 Å². The SMILES string of the molecule is CCC(COCCC(C)C)OC(=O)c1cccc(Cl)c1. The Morgan fingerprint density at radius 2 is 2.10 bits per heavy atom. The third-order valence-corrected chi connectivity index (χ3v) is 3.17. The molecule has 0 N–H and O–H groups in total. The predicted octanol–water partition coefficient (Wildman–Crippen LogP) is 4.34. The first-order valence-corrected chi connectivity index (χ1v) is 7.45. The molecule has 0 amide bonds. The van der Waals surface area contributed by atoms with Gasteiger partial charge >= 0.3 is 5.97 Å². The molecule has 112 valence electrons. The smallest absolute Gasteiger partial charge is 0.338 e. The predicted molar refractivity (Wildman–Crippen MR) is 81.2 cm³/mol. The standard InChI is InChI=1S/C16H23ClO3/c1-4-15(11-19-9-8-12(2)3)20-16(18)13-6-5-7-14(17)10-13/h5-7,10,12,15H,4,8-9,11H2,1-3H3. The summed E-state index contributed by atoms with van der Waals surface area (Å²) in [7, 11) is 0. The monoisotopic (exact) mass is 298 g/mol. The van der Waals surface area contributed by atoms with Crippen LogP contribution in [0.15, 0.2) is 24.3 Å². The molecule has 1 unspecified atom stereocenters. The van der Waals surface area contributed by atoms with E-state index in [4.69, 9.17) is 21.1 Å². The second kappa shape index (κ2) is 8.98. The zero-order valence-electron chi connectivity index (χ0n) is 12.4. The number of ether oxygens (including phenoxy) is 2. The first-order valence-electron chi connectivity index (χ1n) is 7.07. The number of rotatable bonds is 8. The van der Waals surface area contributed by atoms with Crippen LogP contribution in [0.4, 0.5) is 0 Å². The maximum absolute atomic E-state index is 12.0. The zero-order chi connectivity index (χ0) is 15.0. The minimum Gasteiger partial charge on any atom is -0.456 e. The van der Waals surface area contributed by atoms with Crippen molar-refractivity contribution in [3.05, 3.63) is 34.9 Å². The summed E-state index contributed by atoms with van der Waals surface area (Å²) >= 11 is 5.86. The molecule has 1 aromatic carbocycles. The minimum absolute atomic E-state index is 0.214. The van der Waals surface area contributed by atoms with Gasteiger partial charge in [-0.2, -0.15) is 0 Å². The Morgan fingerprint density at radius 3 is 2.70 bits per heavy atom. The van der Waals surface area contributed by atoms with Gasteiger partial charge < -0.3 is 9.47 Å². The normalized spacial score (nSPS) is 12.4. The van der Waals surface area contributed by atoms with Crippen LogP contribution in [0, 0.1) is 5.92 Å². The van der Waals surface area contributed by atoms with Crippen molar-refractivity contribution >= 4 is 17.6 Å². The first-order chi connectivity index (χ1) is 9.52. The molecule has 0 saturated carbocycles. The fourth-order valence-corrected chi connectivity index (χ4v) is 1.79. The molecule has 0 aliphatic carbocycles. The van der Waals surface area contributed by atoms with Crippen LogP contribution < -0.4 is 0 Å². The summed E-state index contributed by atoms with van der Waals surface area (Å²) in [5.74, 6) is 0.260. The van der Waals surface area contributed by atoms with Crippen molar-refractivity contribution in [1.82, 2.24) is 0 Å². The lowest BCUT2D eigenvalue weighted by molar-refractivity contribution is -0.00700. The Labute approximate surface area is 126 Å². The van der Waals surface area contributed by atoms with Gasteiger partial charge in [0.2, 0.25) is 0 Å². The molecule has 0 bridgehead atoms. The molecule has 0 radical (unpaired) electrons.